The fourth-order valence-corrected chi connectivity index (χ4v) is 6.33. The van der Waals surface area contributed by atoms with Gasteiger partial charge in [0.2, 0.25) is 10.0 Å². The number of rotatable bonds is 7. The molecule has 10 nitrogen and oxygen atoms in total. The van der Waals surface area contributed by atoms with Crippen LogP contribution in [0.3, 0.4) is 0 Å². The summed E-state index contributed by atoms with van der Waals surface area (Å²) in [6.45, 7) is 6.59. The number of ether oxygens (including phenoxy) is 1. The molecule has 1 aromatic rings. The minimum atomic E-state index is -4.03. The quantitative estimate of drug-likeness (QED) is 0.380. The van der Waals surface area contributed by atoms with E-state index in [1.807, 2.05) is 0 Å². The minimum Gasteiger partial charge on any atom is -0.444 e. The van der Waals surface area contributed by atoms with Gasteiger partial charge < -0.3 is 9.64 Å². The molecule has 2 heterocycles. The lowest BCUT2D eigenvalue weighted by atomic mass is 9.74. The Kier molecular flexibility index (Phi) is 7.65. The van der Waals surface area contributed by atoms with E-state index in [9.17, 15) is 26.4 Å². The van der Waals surface area contributed by atoms with Crippen molar-refractivity contribution < 1.29 is 35.3 Å². The number of hydrogen-bond donors (Lipinski definition) is 0. The second-order valence-corrected chi connectivity index (χ2v) is 14.5. The molecule has 1 aromatic heterocycles. The highest BCUT2D eigenvalue weighted by atomic mass is 32.2. The lowest BCUT2D eigenvalue weighted by molar-refractivity contribution is 0.00457. The van der Waals surface area contributed by atoms with E-state index in [-0.39, 0.29) is 38.0 Å². The first-order chi connectivity index (χ1) is 16.5. The van der Waals surface area contributed by atoms with Gasteiger partial charge in [-0.1, -0.05) is 24.3 Å². The second-order valence-electron chi connectivity index (χ2n) is 10.5. The first kappa shape index (κ1) is 28.1. The van der Waals surface area contributed by atoms with Gasteiger partial charge >= 0.3 is 6.09 Å². The number of piperidine rings is 1. The molecule has 1 saturated heterocycles. The Balaban J connectivity index is 1.94. The Morgan fingerprint density at radius 2 is 1.72 bits per heavy atom. The molecule has 0 saturated carbocycles. The van der Waals surface area contributed by atoms with E-state index in [0.29, 0.717) is 0 Å². The molecular weight excluding hydrogens is 508 g/mol. The van der Waals surface area contributed by atoms with Crippen LogP contribution in [-0.4, -0.2) is 73.9 Å². The highest BCUT2D eigenvalue weighted by molar-refractivity contribution is 7.91. The van der Waals surface area contributed by atoms with Gasteiger partial charge in [-0.05, 0) is 59.1 Å². The summed E-state index contributed by atoms with van der Waals surface area (Å²) in [4.78, 5) is 27.9. The zero-order chi connectivity index (χ0) is 27.0. The number of nitrogens with zero attached hydrogens (tertiary/aromatic N) is 2. The van der Waals surface area contributed by atoms with Crippen molar-refractivity contribution in [2.75, 3.05) is 26.0 Å². The highest BCUT2D eigenvalue weighted by Gasteiger charge is 2.47. The first-order valence-electron chi connectivity index (χ1n) is 11.6. The topological polar surface area (TPSA) is 129 Å². The fourth-order valence-electron chi connectivity index (χ4n) is 4.25. The molecule has 1 amide bonds. The van der Waals surface area contributed by atoms with Crippen LogP contribution in [0.1, 0.15) is 57.4 Å². The van der Waals surface area contributed by atoms with Crippen molar-refractivity contribution >= 4 is 32.0 Å². The Labute approximate surface area is 213 Å². The third-order valence-corrected chi connectivity index (χ3v) is 9.28. The van der Waals surface area contributed by atoms with E-state index < -0.39 is 54.4 Å². The van der Waals surface area contributed by atoms with Gasteiger partial charge in [0.15, 0.2) is 5.78 Å². The number of Topliss-reactive ketones (excluding diaryl/α,β-unsaturated/α-hetero) is 1. The molecule has 2 aliphatic rings. The molecule has 1 aliphatic heterocycles. The summed E-state index contributed by atoms with van der Waals surface area (Å²) >= 11 is 0. The van der Waals surface area contributed by atoms with Gasteiger partial charge in [-0.15, -0.1) is 0 Å². The van der Waals surface area contributed by atoms with Crippen LogP contribution < -0.4 is 0 Å². The molecule has 200 valence electrons. The summed E-state index contributed by atoms with van der Waals surface area (Å²) in [5.74, 6) is -0.553. The van der Waals surface area contributed by atoms with Gasteiger partial charge in [0.25, 0.3) is 10.1 Å². The number of carbonyl (C=O) groups is 2. The molecule has 0 spiro atoms. The van der Waals surface area contributed by atoms with Crippen molar-refractivity contribution in [2.24, 2.45) is 5.41 Å². The largest absolute Gasteiger partial charge is 0.444 e. The Morgan fingerprint density at radius 3 is 2.25 bits per heavy atom. The molecule has 1 unspecified atom stereocenters. The lowest BCUT2D eigenvalue weighted by Gasteiger charge is -2.40. The summed E-state index contributed by atoms with van der Waals surface area (Å²) in [6, 6.07) is 2.88. The van der Waals surface area contributed by atoms with E-state index >= 15 is 0 Å². The Bertz CT molecular complexity index is 1280. The molecule has 1 atom stereocenters. The Hall–Kier alpha value is -2.44. The monoisotopic (exact) mass is 542 g/mol. The maximum atomic E-state index is 13.9. The first-order valence-corrected chi connectivity index (χ1v) is 14.9. The van der Waals surface area contributed by atoms with Gasteiger partial charge in [0.05, 0.1) is 18.3 Å². The predicted molar refractivity (Wildman–Crippen MR) is 135 cm³/mol. The van der Waals surface area contributed by atoms with E-state index in [1.165, 1.54) is 23.2 Å². The van der Waals surface area contributed by atoms with E-state index in [1.54, 1.807) is 52.0 Å². The predicted octanol–water partition coefficient (Wildman–Crippen LogP) is 3.12. The zero-order valence-corrected chi connectivity index (χ0v) is 22.9. The summed E-state index contributed by atoms with van der Waals surface area (Å²) in [6.07, 6.45) is 8.80. The molecule has 36 heavy (non-hydrogen) atoms. The molecule has 0 aromatic carbocycles. The summed E-state index contributed by atoms with van der Waals surface area (Å²) in [7, 11) is -7.92. The molecule has 0 bridgehead atoms. The average molecular weight is 543 g/mol. The third-order valence-electron chi connectivity index (χ3n) is 6.42. The maximum absolute atomic E-state index is 13.9. The van der Waals surface area contributed by atoms with Crippen LogP contribution in [0.4, 0.5) is 4.79 Å². The lowest BCUT2D eigenvalue weighted by Crippen LogP contribution is -2.50. The number of likely N-dealkylation sites (tertiary alicyclic amines) is 1. The van der Waals surface area contributed by atoms with Crippen LogP contribution in [0.15, 0.2) is 42.6 Å². The number of carbonyl (C=O) groups excluding carboxylic acids is 2. The number of aromatic nitrogens is 1. The van der Waals surface area contributed by atoms with Crippen molar-refractivity contribution in [1.82, 2.24) is 8.87 Å². The van der Waals surface area contributed by atoms with Crippen LogP contribution in [-0.2, 0) is 29.1 Å². The fraction of sp³-hybridized carbons (Fsp3) is 0.583. The molecular formula is C24H34N2O8S2. The summed E-state index contributed by atoms with van der Waals surface area (Å²) in [5, 5.41) is 0. The molecule has 1 aliphatic carbocycles. The number of allylic oxidation sites excluding steroid dienone is 3. The summed E-state index contributed by atoms with van der Waals surface area (Å²) < 4.78 is 61.0. The molecule has 12 heteroatoms. The normalized spacial score (nSPS) is 22.4. The van der Waals surface area contributed by atoms with Crippen molar-refractivity contribution in [3.63, 3.8) is 0 Å². The van der Waals surface area contributed by atoms with E-state index in [0.717, 1.165) is 10.2 Å². The van der Waals surface area contributed by atoms with Crippen molar-refractivity contribution in [3.8, 4) is 0 Å². The maximum Gasteiger partial charge on any atom is 0.410 e. The average Bonchev–Trinajstić information content (AvgIpc) is 3.27. The SMILES string of the molecule is CC(C)(C)OC(=O)N1CCC(COS(C)(=O)=O)(C(=O)c2cccn2S(=O)(=O)C2(C)C=CC=CC2)CC1. The highest BCUT2D eigenvalue weighted by Crippen LogP contribution is 2.38. The Morgan fingerprint density at radius 1 is 1.08 bits per heavy atom. The smallest absolute Gasteiger partial charge is 0.410 e. The molecule has 3 rings (SSSR count). The molecule has 1 fully saturated rings. The van der Waals surface area contributed by atoms with Crippen LogP contribution in [0, 0.1) is 5.41 Å². The van der Waals surface area contributed by atoms with E-state index in [4.69, 9.17) is 8.92 Å². The van der Waals surface area contributed by atoms with Crippen molar-refractivity contribution in [1.29, 1.82) is 0 Å². The van der Waals surface area contributed by atoms with Gasteiger partial charge in [-0.2, -0.15) is 8.42 Å². The van der Waals surface area contributed by atoms with Crippen molar-refractivity contribution in [3.05, 3.63) is 48.3 Å². The summed E-state index contributed by atoms with van der Waals surface area (Å²) in [5.41, 5.74) is -2.13. The molecule has 0 radical (unpaired) electrons. The number of hydrogen-bond acceptors (Lipinski definition) is 8. The minimum absolute atomic E-state index is 0.0751. The van der Waals surface area contributed by atoms with Crippen LogP contribution in [0.5, 0.6) is 0 Å². The van der Waals surface area contributed by atoms with Gasteiger partial charge in [0, 0.05) is 19.3 Å². The molecule has 0 N–H and O–H groups in total. The number of amides is 1. The van der Waals surface area contributed by atoms with Crippen LogP contribution in [0.25, 0.3) is 0 Å². The van der Waals surface area contributed by atoms with Crippen molar-refractivity contribution in [2.45, 2.75) is 57.3 Å². The number of ketones is 1. The van der Waals surface area contributed by atoms with Crippen LogP contribution >= 0.6 is 0 Å². The van der Waals surface area contributed by atoms with Gasteiger partial charge in [-0.25, -0.2) is 17.2 Å². The van der Waals surface area contributed by atoms with E-state index in [2.05, 4.69) is 0 Å². The van der Waals surface area contributed by atoms with Crippen LogP contribution in [0.2, 0.25) is 0 Å². The zero-order valence-electron chi connectivity index (χ0n) is 21.3. The second kappa shape index (κ2) is 9.79. The van der Waals surface area contributed by atoms with Gasteiger partial charge in [0.1, 0.15) is 16.0 Å². The third kappa shape index (κ3) is 5.92. The standard InChI is InChI=1S/C24H34N2O8S2/c1-22(2,3)34-21(28)25-16-13-24(14-17-25,18-33-35(5,29)30)20(27)19-10-9-15-26(19)36(31,32)23(4)11-7-6-8-12-23/h6-11,15H,12-14,16-18H2,1-5H3. The van der Waals surface area contributed by atoms with Gasteiger partial charge in [-0.3, -0.25) is 8.98 Å².